The van der Waals surface area contributed by atoms with E-state index in [9.17, 15) is 14.4 Å². The average molecular weight is 245 g/mol. The molecular formula is C11H19NO5. The Balaban J connectivity index is 4.11. The van der Waals surface area contributed by atoms with Gasteiger partial charge in [0.2, 0.25) is 5.91 Å². The normalized spacial score (nSPS) is 12.2. The molecule has 6 nitrogen and oxygen atoms in total. The molecule has 0 heterocycles. The van der Waals surface area contributed by atoms with Crippen molar-refractivity contribution in [2.24, 2.45) is 5.92 Å². The molecule has 0 rings (SSSR count). The maximum atomic E-state index is 11.4. The van der Waals surface area contributed by atoms with Crippen LogP contribution in [-0.2, 0) is 14.4 Å². The van der Waals surface area contributed by atoms with E-state index in [1.807, 2.05) is 13.8 Å². The highest BCUT2D eigenvalue weighted by Crippen LogP contribution is 2.04. The first kappa shape index (κ1) is 15.4. The average Bonchev–Trinajstić information content (AvgIpc) is 2.20. The molecule has 3 N–H and O–H groups in total. The molecule has 0 saturated heterocycles. The third-order valence-corrected chi connectivity index (χ3v) is 2.23. The largest absolute Gasteiger partial charge is 0.481 e. The molecule has 0 aliphatic rings. The van der Waals surface area contributed by atoms with E-state index >= 15 is 0 Å². The van der Waals surface area contributed by atoms with Crippen LogP contribution in [0, 0.1) is 5.92 Å². The molecule has 0 aliphatic heterocycles. The van der Waals surface area contributed by atoms with E-state index in [0.717, 1.165) is 0 Å². The van der Waals surface area contributed by atoms with Gasteiger partial charge in [0.1, 0.15) is 6.04 Å². The first-order chi connectivity index (χ1) is 7.82. The fourth-order valence-electron chi connectivity index (χ4n) is 1.21. The Morgan fingerprint density at radius 2 is 1.65 bits per heavy atom. The van der Waals surface area contributed by atoms with E-state index < -0.39 is 18.0 Å². The van der Waals surface area contributed by atoms with Gasteiger partial charge in [0.25, 0.3) is 0 Å². The van der Waals surface area contributed by atoms with E-state index in [2.05, 4.69) is 5.32 Å². The molecule has 0 aromatic rings. The van der Waals surface area contributed by atoms with E-state index in [-0.39, 0.29) is 25.2 Å². The predicted octanol–water partition coefficient (Wildman–Crippen LogP) is 0.857. The fourth-order valence-corrected chi connectivity index (χ4v) is 1.21. The summed E-state index contributed by atoms with van der Waals surface area (Å²) >= 11 is 0. The van der Waals surface area contributed by atoms with Crippen molar-refractivity contribution in [2.75, 3.05) is 0 Å². The third-order valence-electron chi connectivity index (χ3n) is 2.23. The summed E-state index contributed by atoms with van der Waals surface area (Å²) in [6.45, 7) is 3.93. The Kier molecular flexibility index (Phi) is 6.93. The monoisotopic (exact) mass is 245 g/mol. The van der Waals surface area contributed by atoms with Crippen LogP contribution in [0.25, 0.3) is 0 Å². The molecule has 0 aliphatic carbocycles. The number of aliphatic carboxylic acids is 2. The predicted molar refractivity (Wildman–Crippen MR) is 60.5 cm³/mol. The third kappa shape index (κ3) is 8.24. The molecule has 0 bridgehead atoms. The zero-order chi connectivity index (χ0) is 13.4. The summed E-state index contributed by atoms with van der Waals surface area (Å²) in [6.07, 6.45) is 0.561. The minimum atomic E-state index is -1.20. The van der Waals surface area contributed by atoms with Crippen LogP contribution in [0.15, 0.2) is 0 Å². The Labute approximate surface area is 100 Å². The molecular weight excluding hydrogens is 226 g/mol. The number of carboxylic acids is 2. The summed E-state index contributed by atoms with van der Waals surface area (Å²) in [5.74, 6) is -2.27. The van der Waals surface area contributed by atoms with Gasteiger partial charge in [0.15, 0.2) is 0 Å². The van der Waals surface area contributed by atoms with Crippen molar-refractivity contribution in [1.29, 1.82) is 0 Å². The molecule has 1 atom stereocenters. The summed E-state index contributed by atoms with van der Waals surface area (Å²) in [5, 5.41) is 19.6. The molecule has 0 aromatic heterocycles. The van der Waals surface area contributed by atoms with Gasteiger partial charge >= 0.3 is 11.9 Å². The second kappa shape index (κ2) is 7.65. The molecule has 0 saturated carbocycles. The number of carbonyl (C=O) groups is 3. The minimum absolute atomic E-state index is 0.0991. The van der Waals surface area contributed by atoms with Crippen molar-refractivity contribution in [3.8, 4) is 0 Å². The number of hydrogen-bond donors (Lipinski definition) is 3. The van der Waals surface area contributed by atoms with Gasteiger partial charge in [-0.15, -0.1) is 0 Å². The van der Waals surface area contributed by atoms with Gasteiger partial charge in [-0.3, -0.25) is 9.59 Å². The van der Waals surface area contributed by atoms with Gasteiger partial charge in [0, 0.05) is 12.8 Å². The molecule has 98 valence electrons. The highest BCUT2D eigenvalue weighted by atomic mass is 16.4. The highest BCUT2D eigenvalue weighted by molar-refractivity contribution is 5.83. The fraction of sp³-hybridized carbons (Fsp3) is 0.727. The summed E-state index contributed by atoms with van der Waals surface area (Å²) in [6, 6.07) is -1.12. The number of hydrogen-bond acceptors (Lipinski definition) is 3. The lowest BCUT2D eigenvalue weighted by Gasteiger charge is -2.13. The van der Waals surface area contributed by atoms with Crippen LogP contribution in [0.4, 0.5) is 0 Å². The van der Waals surface area contributed by atoms with Crippen molar-refractivity contribution >= 4 is 17.8 Å². The van der Waals surface area contributed by atoms with Gasteiger partial charge in [-0.1, -0.05) is 13.8 Å². The van der Waals surface area contributed by atoms with Gasteiger partial charge in [-0.2, -0.15) is 0 Å². The van der Waals surface area contributed by atoms with E-state index in [1.54, 1.807) is 0 Å². The maximum Gasteiger partial charge on any atom is 0.326 e. The van der Waals surface area contributed by atoms with Crippen molar-refractivity contribution in [3.63, 3.8) is 0 Å². The number of nitrogens with one attached hydrogen (secondary N) is 1. The van der Waals surface area contributed by atoms with Crippen LogP contribution in [0.3, 0.4) is 0 Å². The standard InChI is InChI=1S/C11H19NO5/c1-7(2)3-5-9(13)12-8(11(16)17)4-6-10(14)15/h7-8H,3-6H2,1-2H3,(H,12,13)(H,14,15)(H,16,17)/t8-/m0/s1. The van der Waals surface area contributed by atoms with Crippen LogP contribution in [0.2, 0.25) is 0 Å². The Morgan fingerprint density at radius 1 is 1.06 bits per heavy atom. The minimum Gasteiger partial charge on any atom is -0.481 e. The number of carboxylic acid groups (broad SMARTS) is 2. The SMILES string of the molecule is CC(C)CCC(=O)N[C@@H](CCC(=O)O)C(=O)O. The van der Waals surface area contributed by atoms with E-state index in [4.69, 9.17) is 10.2 Å². The molecule has 6 heteroatoms. The van der Waals surface area contributed by atoms with Gasteiger partial charge < -0.3 is 15.5 Å². The van der Waals surface area contributed by atoms with Crippen LogP contribution >= 0.6 is 0 Å². The van der Waals surface area contributed by atoms with Gasteiger partial charge in [0.05, 0.1) is 0 Å². The lowest BCUT2D eigenvalue weighted by atomic mass is 10.1. The quantitative estimate of drug-likeness (QED) is 0.588. The van der Waals surface area contributed by atoms with Crippen molar-refractivity contribution < 1.29 is 24.6 Å². The lowest BCUT2D eigenvalue weighted by molar-refractivity contribution is -0.143. The molecule has 0 spiro atoms. The van der Waals surface area contributed by atoms with Gasteiger partial charge in [-0.05, 0) is 18.8 Å². The number of amides is 1. The first-order valence-corrected chi connectivity index (χ1v) is 5.57. The maximum absolute atomic E-state index is 11.4. The summed E-state index contributed by atoms with van der Waals surface area (Å²) in [4.78, 5) is 32.5. The van der Waals surface area contributed by atoms with Crippen LogP contribution in [-0.4, -0.2) is 34.1 Å². The lowest BCUT2D eigenvalue weighted by Crippen LogP contribution is -2.41. The first-order valence-electron chi connectivity index (χ1n) is 5.57. The highest BCUT2D eigenvalue weighted by Gasteiger charge is 2.20. The number of rotatable bonds is 8. The van der Waals surface area contributed by atoms with E-state index in [1.165, 1.54) is 0 Å². The second-order valence-corrected chi connectivity index (χ2v) is 4.32. The van der Waals surface area contributed by atoms with E-state index in [0.29, 0.717) is 12.3 Å². The zero-order valence-electron chi connectivity index (χ0n) is 10.1. The van der Waals surface area contributed by atoms with Crippen molar-refractivity contribution in [1.82, 2.24) is 5.32 Å². The molecule has 1 amide bonds. The van der Waals surface area contributed by atoms with Gasteiger partial charge in [-0.25, -0.2) is 4.79 Å². The molecule has 0 aromatic carbocycles. The Morgan fingerprint density at radius 3 is 2.06 bits per heavy atom. The molecule has 0 unspecified atom stereocenters. The summed E-state index contributed by atoms with van der Waals surface area (Å²) in [7, 11) is 0. The summed E-state index contributed by atoms with van der Waals surface area (Å²) < 4.78 is 0. The molecule has 0 radical (unpaired) electrons. The summed E-state index contributed by atoms with van der Waals surface area (Å²) in [5.41, 5.74) is 0. The number of carbonyl (C=O) groups excluding carboxylic acids is 1. The van der Waals surface area contributed by atoms with Crippen LogP contribution in [0.1, 0.15) is 39.5 Å². The molecule has 17 heavy (non-hydrogen) atoms. The molecule has 0 fully saturated rings. The topological polar surface area (TPSA) is 104 Å². The van der Waals surface area contributed by atoms with Crippen molar-refractivity contribution in [3.05, 3.63) is 0 Å². The second-order valence-electron chi connectivity index (χ2n) is 4.32. The Hall–Kier alpha value is -1.59. The zero-order valence-corrected chi connectivity index (χ0v) is 10.1. The van der Waals surface area contributed by atoms with Crippen molar-refractivity contribution in [2.45, 2.75) is 45.6 Å². The smallest absolute Gasteiger partial charge is 0.326 e. The van der Waals surface area contributed by atoms with Crippen LogP contribution < -0.4 is 5.32 Å². The Bertz CT molecular complexity index is 288. The van der Waals surface area contributed by atoms with Crippen LogP contribution in [0.5, 0.6) is 0 Å².